The maximum atomic E-state index is 6.98. The number of nitrogens with one attached hydrogen (secondary N) is 2. The van der Waals surface area contributed by atoms with Crippen LogP contribution in [0.4, 0.5) is 16.5 Å². The van der Waals surface area contributed by atoms with E-state index in [-0.39, 0.29) is 0 Å². The Kier molecular flexibility index (Phi) is 5.30. The molecule has 1 aliphatic heterocycles. The van der Waals surface area contributed by atoms with Crippen molar-refractivity contribution in [1.82, 2.24) is 4.98 Å². The first-order valence-corrected chi connectivity index (χ1v) is 9.96. The van der Waals surface area contributed by atoms with Gasteiger partial charge in [-0.05, 0) is 48.2 Å². The Labute approximate surface area is 163 Å². The van der Waals surface area contributed by atoms with E-state index in [2.05, 4.69) is 58.7 Å². The smallest absolute Gasteiger partial charge is 0.190 e. The van der Waals surface area contributed by atoms with E-state index < -0.39 is 0 Å². The van der Waals surface area contributed by atoms with Crippen molar-refractivity contribution in [3.8, 4) is 0 Å². The monoisotopic (exact) mass is 374 g/mol. The fraction of sp³-hybridized carbons (Fsp3) is 0.182. The van der Waals surface area contributed by atoms with Gasteiger partial charge in [-0.25, -0.2) is 4.98 Å². The second-order valence-corrected chi connectivity index (χ2v) is 7.63. The Morgan fingerprint density at radius 3 is 2.85 bits per heavy atom. The van der Waals surface area contributed by atoms with Crippen molar-refractivity contribution in [3.63, 3.8) is 0 Å². The molecule has 3 aromatic rings. The summed E-state index contributed by atoms with van der Waals surface area (Å²) in [4.78, 5) is 8.34. The molecule has 0 radical (unpaired) electrons. The van der Waals surface area contributed by atoms with E-state index in [1.165, 1.54) is 34.3 Å². The Bertz CT molecular complexity index is 943. The van der Waals surface area contributed by atoms with Crippen LogP contribution in [0.1, 0.15) is 22.4 Å². The fourth-order valence-corrected chi connectivity index (χ4v) is 4.33. The molecule has 0 aliphatic carbocycles. The lowest BCUT2D eigenvalue weighted by atomic mass is 10.0. The van der Waals surface area contributed by atoms with E-state index in [0.29, 0.717) is 0 Å². The molecule has 0 spiro atoms. The highest BCUT2D eigenvalue weighted by molar-refractivity contribution is 7.15. The zero-order valence-corrected chi connectivity index (χ0v) is 15.9. The molecule has 5 heteroatoms. The molecular formula is C22H22N4S. The number of fused-ring (bicyclic) bond motifs is 1. The van der Waals surface area contributed by atoms with E-state index in [1.807, 2.05) is 6.20 Å². The van der Waals surface area contributed by atoms with E-state index in [1.54, 1.807) is 23.6 Å². The summed E-state index contributed by atoms with van der Waals surface area (Å²) >= 11 is 1.78. The quantitative estimate of drug-likeness (QED) is 0.569. The molecule has 4 rings (SSSR count). The van der Waals surface area contributed by atoms with Gasteiger partial charge in [0.15, 0.2) is 5.13 Å². The van der Waals surface area contributed by atoms with E-state index in [9.17, 15) is 0 Å². The van der Waals surface area contributed by atoms with E-state index >= 15 is 0 Å². The minimum absolute atomic E-state index is 0.893. The van der Waals surface area contributed by atoms with E-state index in [0.717, 1.165) is 30.2 Å². The number of anilines is 3. The van der Waals surface area contributed by atoms with Crippen molar-refractivity contribution < 1.29 is 0 Å². The van der Waals surface area contributed by atoms with Crippen LogP contribution in [0, 0.1) is 5.41 Å². The molecule has 1 aliphatic rings. The predicted octanol–water partition coefficient (Wildman–Crippen LogP) is 5.39. The minimum Gasteiger partial charge on any atom is -0.362 e. The number of allylic oxidation sites excluding steroid dienone is 1. The normalized spacial score (nSPS) is 13.6. The van der Waals surface area contributed by atoms with Crippen molar-refractivity contribution in [3.05, 3.63) is 83.0 Å². The van der Waals surface area contributed by atoms with Gasteiger partial charge in [-0.2, -0.15) is 0 Å². The standard InChI is InChI=1S/C22H22N4S/c23-12-4-13-24-19-10-8-17(9-11-19)15-20-16-25-22(27-20)26-14-3-6-18-5-1-2-7-21(18)26/h1-2,4-5,7-13,16,23-24H,3,6,14-15H2/b13-4-,23-12?. The molecule has 2 N–H and O–H groups in total. The molecule has 0 unspecified atom stereocenters. The molecule has 0 amide bonds. The molecule has 136 valence electrons. The molecule has 2 heterocycles. The zero-order chi connectivity index (χ0) is 18.5. The van der Waals surface area contributed by atoms with Crippen LogP contribution in [-0.4, -0.2) is 17.7 Å². The highest BCUT2D eigenvalue weighted by Crippen LogP contribution is 2.35. The molecule has 1 aromatic heterocycles. The number of aromatic nitrogens is 1. The van der Waals surface area contributed by atoms with Crippen molar-refractivity contribution in [1.29, 1.82) is 5.41 Å². The second-order valence-electron chi connectivity index (χ2n) is 6.54. The molecular weight excluding hydrogens is 352 g/mol. The second kappa shape index (κ2) is 8.18. The number of aryl methyl sites for hydroxylation is 1. The lowest BCUT2D eigenvalue weighted by molar-refractivity contribution is 0.765. The predicted molar refractivity (Wildman–Crippen MR) is 115 cm³/mol. The van der Waals surface area contributed by atoms with Crippen molar-refractivity contribution >= 4 is 34.1 Å². The van der Waals surface area contributed by atoms with Gasteiger partial charge >= 0.3 is 0 Å². The molecule has 2 aromatic carbocycles. The topological polar surface area (TPSA) is 52.0 Å². The highest BCUT2D eigenvalue weighted by atomic mass is 32.1. The van der Waals surface area contributed by atoms with Crippen LogP contribution in [-0.2, 0) is 12.8 Å². The number of hydrogen-bond donors (Lipinski definition) is 2. The maximum absolute atomic E-state index is 6.98. The van der Waals surface area contributed by atoms with Gasteiger partial charge in [0.1, 0.15) is 0 Å². The lowest BCUT2D eigenvalue weighted by Gasteiger charge is -2.28. The minimum atomic E-state index is 0.893. The highest BCUT2D eigenvalue weighted by Gasteiger charge is 2.20. The van der Waals surface area contributed by atoms with Gasteiger partial charge in [0, 0.05) is 47.8 Å². The number of rotatable bonds is 6. The largest absolute Gasteiger partial charge is 0.362 e. The summed E-state index contributed by atoms with van der Waals surface area (Å²) in [5.41, 5.74) is 5.01. The third-order valence-electron chi connectivity index (χ3n) is 4.66. The Morgan fingerprint density at radius 2 is 2.00 bits per heavy atom. The third-order valence-corrected chi connectivity index (χ3v) is 5.68. The summed E-state index contributed by atoms with van der Waals surface area (Å²) in [7, 11) is 0. The fourth-order valence-electron chi connectivity index (χ4n) is 3.35. The number of thiazole rings is 1. The number of nitrogens with zero attached hydrogens (tertiary/aromatic N) is 2. The Morgan fingerprint density at radius 1 is 1.15 bits per heavy atom. The van der Waals surface area contributed by atoms with Crippen LogP contribution in [0.2, 0.25) is 0 Å². The van der Waals surface area contributed by atoms with Crippen LogP contribution in [0.3, 0.4) is 0 Å². The van der Waals surface area contributed by atoms with Gasteiger partial charge < -0.3 is 15.6 Å². The average Bonchev–Trinajstić information content (AvgIpc) is 3.17. The molecule has 0 bridgehead atoms. The molecule has 0 atom stereocenters. The zero-order valence-electron chi connectivity index (χ0n) is 15.1. The third kappa shape index (κ3) is 4.09. The maximum Gasteiger partial charge on any atom is 0.190 e. The summed E-state index contributed by atoms with van der Waals surface area (Å²) in [6.07, 6.45) is 9.90. The van der Waals surface area contributed by atoms with Crippen LogP contribution in [0.15, 0.2) is 67.0 Å². The number of para-hydroxylation sites is 1. The first kappa shape index (κ1) is 17.5. The molecule has 0 fully saturated rings. The van der Waals surface area contributed by atoms with Gasteiger partial charge in [0.05, 0.1) is 0 Å². The van der Waals surface area contributed by atoms with Crippen LogP contribution in [0.25, 0.3) is 0 Å². The number of hydrogen-bond acceptors (Lipinski definition) is 5. The Balaban J connectivity index is 1.46. The molecule has 0 saturated carbocycles. The first-order chi connectivity index (χ1) is 13.3. The average molecular weight is 375 g/mol. The summed E-state index contributed by atoms with van der Waals surface area (Å²) in [6, 6.07) is 17.1. The number of benzene rings is 2. The summed E-state index contributed by atoms with van der Waals surface area (Å²) in [6.45, 7) is 1.04. The van der Waals surface area contributed by atoms with Crippen molar-refractivity contribution in [2.45, 2.75) is 19.3 Å². The van der Waals surface area contributed by atoms with Crippen molar-refractivity contribution in [2.24, 2.45) is 0 Å². The summed E-state index contributed by atoms with van der Waals surface area (Å²) < 4.78 is 0. The first-order valence-electron chi connectivity index (χ1n) is 9.15. The SMILES string of the molecule is N=C/C=C\Nc1ccc(Cc2cnc(N3CCCc4ccccc43)s2)cc1. The van der Waals surface area contributed by atoms with Crippen LogP contribution < -0.4 is 10.2 Å². The van der Waals surface area contributed by atoms with Crippen LogP contribution in [0.5, 0.6) is 0 Å². The molecule has 4 nitrogen and oxygen atoms in total. The van der Waals surface area contributed by atoms with Gasteiger partial charge in [-0.3, -0.25) is 0 Å². The van der Waals surface area contributed by atoms with Crippen LogP contribution >= 0.6 is 11.3 Å². The van der Waals surface area contributed by atoms with Gasteiger partial charge in [-0.1, -0.05) is 30.3 Å². The Hall–Kier alpha value is -2.92. The van der Waals surface area contributed by atoms with E-state index in [4.69, 9.17) is 10.4 Å². The summed E-state index contributed by atoms with van der Waals surface area (Å²) in [5, 5.41) is 11.2. The molecule has 0 saturated heterocycles. The van der Waals surface area contributed by atoms with Gasteiger partial charge in [0.25, 0.3) is 0 Å². The van der Waals surface area contributed by atoms with Gasteiger partial charge in [-0.15, -0.1) is 11.3 Å². The molecule has 27 heavy (non-hydrogen) atoms. The van der Waals surface area contributed by atoms with Crippen molar-refractivity contribution in [2.75, 3.05) is 16.8 Å². The lowest BCUT2D eigenvalue weighted by Crippen LogP contribution is -2.24. The summed E-state index contributed by atoms with van der Waals surface area (Å²) in [5.74, 6) is 0. The van der Waals surface area contributed by atoms with Gasteiger partial charge in [0.2, 0.25) is 0 Å².